The Bertz CT molecular complexity index is 728. The van der Waals surface area contributed by atoms with Gasteiger partial charge in [0.05, 0.1) is 12.6 Å². The van der Waals surface area contributed by atoms with Gasteiger partial charge in [-0.1, -0.05) is 6.07 Å². The molecular formula is C17H20F2N2O3. The Morgan fingerprint density at radius 1 is 1.33 bits per heavy atom. The second-order valence-electron chi connectivity index (χ2n) is 5.90. The SMILES string of the molecule is Cc1ccc(C(C)(O)CNC(=O)NC(C)c2ccc(F)cc2F)o1. The Morgan fingerprint density at radius 2 is 2.04 bits per heavy atom. The van der Waals surface area contributed by atoms with Gasteiger partial charge in [-0.05, 0) is 39.0 Å². The van der Waals surface area contributed by atoms with Crippen LogP contribution in [0, 0.1) is 18.6 Å². The molecule has 24 heavy (non-hydrogen) atoms. The monoisotopic (exact) mass is 338 g/mol. The Hall–Kier alpha value is -2.41. The summed E-state index contributed by atoms with van der Waals surface area (Å²) in [5, 5.41) is 15.4. The second kappa shape index (κ2) is 7.00. The van der Waals surface area contributed by atoms with Gasteiger partial charge in [-0.15, -0.1) is 0 Å². The summed E-state index contributed by atoms with van der Waals surface area (Å²) >= 11 is 0. The Labute approximate surface area is 138 Å². The minimum Gasteiger partial charge on any atom is -0.463 e. The number of carbonyl (C=O) groups is 1. The number of hydrogen-bond donors (Lipinski definition) is 3. The molecule has 5 nitrogen and oxygen atoms in total. The summed E-state index contributed by atoms with van der Waals surface area (Å²) in [7, 11) is 0. The van der Waals surface area contributed by atoms with E-state index in [0.29, 0.717) is 11.5 Å². The van der Waals surface area contributed by atoms with Crippen LogP contribution >= 0.6 is 0 Å². The van der Waals surface area contributed by atoms with Crippen molar-refractivity contribution in [2.24, 2.45) is 0 Å². The van der Waals surface area contributed by atoms with Crippen molar-refractivity contribution >= 4 is 6.03 Å². The fourth-order valence-electron chi connectivity index (χ4n) is 2.24. The van der Waals surface area contributed by atoms with E-state index in [-0.39, 0.29) is 12.1 Å². The summed E-state index contributed by atoms with van der Waals surface area (Å²) in [5.74, 6) is -0.438. The highest BCUT2D eigenvalue weighted by molar-refractivity contribution is 5.74. The third kappa shape index (κ3) is 4.32. The Balaban J connectivity index is 1.93. The van der Waals surface area contributed by atoms with Gasteiger partial charge in [0.25, 0.3) is 0 Å². The van der Waals surface area contributed by atoms with Gasteiger partial charge in [-0.3, -0.25) is 0 Å². The zero-order valence-corrected chi connectivity index (χ0v) is 13.7. The number of halogens is 2. The quantitative estimate of drug-likeness (QED) is 0.784. The molecule has 2 amide bonds. The van der Waals surface area contributed by atoms with E-state index in [2.05, 4.69) is 10.6 Å². The van der Waals surface area contributed by atoms with E-state index in [0.717, 1.165) is 12.1 Å². The molecule has 0 saturated carbocycles. The number of aliphatic hydroxyl groups is 1. The van der Waals surface area contributed by atoms with E-state index in [1.54, 1.807) is 26.0 Å². The lowest BCUT2D eigenvalue weighted by atomic mass is 10.0. The molecule has 7 heteroatoms. The first-order chi connectivity index (χ1) is 11.2. The van der Waals surface area contributed by atoms with Gasteiger partial charge in [0.2, 0.25) is 0 Å². The number of amides is 2. The molecular weight excluding hydrogens is 318 g/mol. The number of rotatable bonds is 5. The minimum absolute atomic E-state index is 0.0929. The molecule has 1 aromatic carbocycles. The highest BCUT2D eigenvalue weighted by Crippen LogP contribution is 2.22. The fourth-order valence-corrected chi connectivity index (χ4v) is 2.24. The molecule has 0 aliphatic carbocycles. The van der Waals surface area contributed by atoms with Crippen LogP contribution in [0.15, 0.2) is 34.7 Å². The molecule has 0 fully saturated rings. The molecule has 0 aliphatic heterocycles. The highest BCUT2D eigenvalue weighted by Gasteiger charge is 2.27. The minimum atomic E-state index is -1.38. The predicted octanol–water partition coefficient (Wildman–Crippen LogP) is 3.13. The first kappa shape index (κ1) is 17.9. The molecule has 1 heterocycles. The van der Waals surface area contributed by atoms with Crippen LogP contribution in [0.25, 0.3) is 0 Å². The van der Waals surface area contributed by atoms with Crippen molar-refractivity contribution < 1.29 is 23.1 Å². The fraction of sp³-hybridized carbons (Fsp3) is 0.353. The molecule has 2 rings (SSSR count). The third-order valence-electron chi connectivity index (χ3n) is 3.64. The average Bonchev–Trinajstić information content (AvgIpc) is 2.92. The summed E-state index contributed by atoms with van der Waals surface area (Å²) in [4.78, 5) is 11.9. The van der Waals surface area contributed by atoms with Gasteiger partial charge < -0.3 is 20.2 Å². The molecule has 2 aromatic rings. The van der Waals surface area contributed by atoms with Crippen LogP contribution in [-0.2, 0) is 5.60 Å². The molecule has 1 aromatic heterocycles. The summed E-state index contributed by atoms with van der Waals surface area (Å²) in [5.41, 5.74) is -1.21. The molecule has 130 valence electrons. The lowest BCUT2D eigenvalue weighted by Crippen LogP contribution is -2.44. The van der Waals surface area contributed by atoms with Crippen molar-refractivity contribution in [2.75, 3.05) is 6.54 Å². The van der Waals surface area contributed by atoms with Gasteiger partial charge >= 0.3 is 6.03 Å². The number of carbonyl (C=O) groups excluding carboxylic acids is 1. The smallest absolute Gasteiger partial charge is 0.315 e. The lowest BCUT2D eigenvalue weighted by molar-refractivity contribution is 0.0359. The van der Waals surface area contributed by atoms with Gasteiger partial charge in [0.15, 0.2) is 0 Å². The van der Waals surface area contributed by atoms with Crippen molar-refractivity contribution in [3.63, 3.8) is 0 Å². The molecule has 0 bridgehead atoms. The molecule has 0 aliphatic rings. The molecule has 2 atom stereocenters. The van der Waals surface area contributed by atoms with E-state index in [4.69, 9.17) is 4.42 Å². The van der Waals surface area contributed by atoms with E-state index in [1.165, 1.54) is 13.0 Å². The Kier molecular flexibility index (Phi) is 5.23. The van der Waals surface area contributed by atoms with E-state index >= 15 is 0 Å². The molecule has 3 N–H and O–H groups in total. The van der Waals surface area contributed by atoms with Gasteiger partial charge in [0.1, 0.15) is 28.8 Å². The number of nitrogens with one attached hydrogen (secondary N) is 2. The lowest BCUT2D eigenvalue weighted by Gasteiger charge is -2.22. The standard InChI is InChI=1S/C17H20F2N2O3/c1-10-4-7-15(24-10)17(3,23)9-20-16(22)21-11(2)13-6-5-12(18)8-14(13)19/h4-8,11,23H,9H2,1-3H3,(H2,20,21,22). The maximum Gasteiger partial charge on any atom is 0.315 e. The summed E-state index contributed by atoms with van der Waals surface area (Å²) < 4.78 is 31.9. The number of urea groups is 1. The van der Waals surface area contributed by atoms with Crippen molar-refractivity contribution in [3.8, 4) is 0 Å². The van der Waals surface area contributed by atoms with Gasteiger partial charge in [-0.25, -0.2) is 13.6 Å². The zero-order chi connectivity index (χ0) is 17.9. The van der Waals surface area contributed by atoms with Crippen molar-refractivity contribution in [1.29, 1.82) is 0 Å². The van der Waals surface area contributed by atoms with Gasteiger partial charge in [0, 0.05) is 11.6 Å². The first-order valence-electron chi connectivity index (χ1n) is 7.47. The number of hydrogen-bond acceptors (Lipinski definition) is 3. The molecule has 0 radical (unpaired) electrons. The largest absolute Gasteiger partial charge is 0.463 e. The summed E-state index contributed by atoms with van der Waals surface area (Å²) in [6.07, 6.45) is 0. The van der Waals surface area contributed by atoms with Crippen LogP contribution in [-0.4, -0.2) is 17.7 Å². The van der Waals surface area contributed by atoms with Crippen LogP contribution in [0.2, 0.25) is 0 Å². The molecule has 0 spiro atoms. The summed E-state index contributed by atoms with van der Waals surface area (Å²) in [6, 6.07) is 5.25. The van der Waals surface area contributed by atoms with Crippen LogP contribution in [0.4, 0.5) is 13.6 Å². The predicted molar refractivity (Wildman–Crippen MR) is 84.3 cm³/mol. The van der Waals surface area contributed by atoms with Crippen LogP contribution in [0.1, 0.15) is 37.0 Å². The van der Waals surface area contributed by atoms with Crippen molar-refractivity contribution in [3.05, 3.63) is 59.1 Å². The second-order valence-corrected chi connectivity index (χ2v) is 5.90. The topological polar surface area (TPSA) is 74.5 Å². The van der Waals surface area contributed by atoms with Crippen molar-refractivity contribution in [2.45, 2.75) is 32.4 Å². The van der Waals surface area contributed by atoms with E-state index in [9.17, 15) is 18.7 Å². The normalized spacial score (nSPS) is 14.8. The zero-order valence-electron chi connectivity index (χ0n) is 13.7. The van der Waals surface area contributed by atoms with Crippen LogP contribution in [0.5, 0.6) is 0 Å². The van der Waals surface area contributed by atoms with E-state index < -0.39 is 29.3 Å². The van der Waals surface area contributed by atoms with Crippen molar-refractivity contribution in [1.82, 2.24) is 10.6 Å². The highest BCUT2D eigenvalue weighted by atomic mass is 19.1. The first-order valence-corrected chi connectivity index (χ1v) is 7.47. The maximum atomic E-state index is 13.7. The Morgan fingerprint density at radius 3 is 2.62 bits per heavy atom. The molecule has 0 saturated heterocycles. The summed E-state index contributed by atoms with van der Waals surface area (Å²) in [6.45, 7) is 4.74. The van der Waals surface area contributed by atoms with E-state index in [1.807, 2.05) is 0 Å². The number of aryl methyl sites for hydroxylation is 1. The van der Waals surface area contributed by atoms with Crippen LogP contribution in [0.3, 0.4) is 0 Å². The molecule has 2 unspecified atom stereocenters. The third-order valence-corrected chi connectivity index (χ3v) is 3.64. The maximum absolute atomic E-state index is 13.7. The van der Waals surface area contributed by atoms with Crippen LogP contribution < -0.4 is 10.6 Å². The number of furan rings is 1. The van der Waals surface area contributed by atoms with Gasteiger partial charge in [-0.2, -0.15) is 0 Å². The average molecular weight is 338 g/mol. The number of benzene rings is 1.